The summed E-state index contributed by atoms with van der Waals surface area (Å²) < 4.78 is 0. The molecule has 2 N–H and O–H groups in total. The Morgan fingerprint density at radius 2 is 1.19 bits per heavy atom. The summed E-state index contributed by atoms with van der Waals surface area (Å²) in [5.41, 5.74) is 0. The summed E-state index contributed by atoms with van der Waals surface area (Å²) in [4.78, 5) is 12.0. The monoisotopic (exact) mass is 501 g/mol. The molecule has 31 heavy (non-hydrogen) atoms. The van der Waals surface area contributed by atoms with Crippen LogP contribution < -0.4 is 21.2 Å². The van der Waals surface area contributed by atoms with Crippen molar-refractivity contribution in [2.24, 2.45) is 0 Å². The minimum atomic E-state index is -2.67. The maximum atomic E-state index is 12.0. The van der Waals surface area contributed by atoms with Gasteiger partial charge in [0.1, 0.15) is 0 Å². The van der Waals surface area contributed by atoms with Gasteiger partial charge in [0.2, 0.25) is 0 Å². The van der Waals surface area contributed by atoms with Crippen LogP contribution in [0.1, 0.15) is 39.0 Å². The summed E-state index contributed by atoms with van der Waals surface area (Å²) in [6.07, 6.45) is 4.36. The van der Waals surface area contributed by atoms with Gasteiger partial charge in [-0.25, -0.2) is 0 Å². The van der Waals surface area contributed by atoms with Gasteiger partial charge in [0.15, 0.2) is 0 Å². The van der Waals surface area contributed by atoms with Crippen molar-refractivity contribution < 1.29 is 9.90 Å². The number of halogens is 1. The molecule has 0 spiro atoms. The topological polar surface area (TPSA) is 49.3 Å². The first-order valence-electron chi connectivity index (χ1n) is 10.9. The standard InChI is InChI=1S/C26H32NO2P.BrH/c1-2-3-4-14-21-25(27-26(28)29)30(22-15-8-5-9-16-22,23-17-10-6-11-18-23)24-19-12-7-13-20-24;/h5-13,15-20,25,27,30H,2-4,14,21H2,1H3,(H,28,29);1H. The van der Waals surface area contributed by atoms with E-state index in [9.17, 15) is 9.90 Å². The van der Waals surface area contributed by atoms with Gasteiger partial charge in [-0.05, 0) is 0 Å². The molecule has 0 radical (unpaired) electrons. The summed E-state index contributed by atoms with van der Waals surface area (Å²) in [6.45, 7) is 2.20. The Bertz CT molecular complexity index is 810. The van der Waals surface area contributed by atoms with Crippen molar-refractivity contribution in [2.75, 3.05) is 0 Å². The van der Waals surface area contributed by atoms with Crippen molar-refractivity contribution in [3.63, 3.8) is 0 Å². The van der Waals surface area contributed by atoms with Crippen LogP contribution >= 0.6 is 24.2 Å². The number of hydrogen-bond acceptors (Lipinski definition) is 1. The van der Waals surface area contributed by atoms with E-state index in [0.717, 1.165) is 25.7 Å². The number of nitrogens with one attached hydrogen (secondary N) is 1. The molecule has 0 aliphatic carbocycles. The van der Waals surface area contributed by atoms with E-state index < -0.39 is 13.4 Å². The Balaban J connectivity index is 0.00000341. The molecule has 5 heteroatoms. The first-order valence-corrected chi connectivity index (χ1v) is 12.9. The number of amides is 1. The fraction of sp³-hybridized carbons (Fsp3) is 0.269. The number of carbonyl (C=O) groups is 1. The van der Waals surface area contributed by atoms with E-state index in [0.29, 0.717) is 0 Å². The molecule has 1 atom stereocenters. The predicted molar refractivity (Wildman–Crippen MR) is 141 cm³/mol. The first-order chi connectivity index (χ1) is 14.7. The van der Waals surface area contributed by atoms with Crippen molar-refractivity contribution in [2.45, 2.75) is 44.8 Å². The molecule has 3 rings (SSSR count). The average molecular weight is 502 g/mol. The van der Waals surface area contributed by atoms with Crippen LogP contribution in [0.15, 0.2) is 91.0 Å². The van der Waals surface area contributed by atoms with Crippen molar-refractivity contribution in [3.8, 4) is 0 Å². The molecule has 0 bridgehead atoms. The third-order valence-electron chi connectivity index (χ3n) is 5.85. The molecule has 3 aromatic rings. The third-order valence-corrected chi connectivity index (χ3v) is 11.1. The van der Waals surface area contributed by atoms with E-state index in [-0.39, 0.29) is 22.8 Å². The van der Waals surface area contributed by atoms with Gasteiger partial charge in [0.05, 0.1) is 0 Å². The molecule has 0 aromatic heterocycles. The van der Waals surface area contributed by atoms with Gasteiger partial charge in [-0.15, -0.1) is 17.0 Å². The zero-order valence-corrected chi connectivity index (χ0v) is 20.7. The number of unbranched alkanes of at least 4 members (excludes halogenated alkanes) is 3. The summed E-state index contributed by atoms with van der Waals surface area (Å²) >= 11 is 0. The van der Waals surface area contributed by atoms with Crippen LogP contribution in [0.3, 0.4) is 0 Å². The predicted octanol–water partition coefficient (Wildman–Crippen LogP) is 5.85. The molecule has 0 saturated heterocycles. The van der Waals surface area contributed by atoms with E-state index in [1.807, 2.05) is 18.2 Å². The molecule has 166 valence electrons. The van der Waals surface area contributed by atoms with Gasteiger partial charge in [0.25, 0.3) is 0 Å². The van der Waals surface area contributed by atoms with E-state index in [1.54, 1.807) is 0 Å². The summed E-state index contributed by atoms with van der Waals surface area (Å²) in [5.74, 6) is -0.154. The molecule has 1 amide bonds. The molecule has 0 aliphatic heterocycles. The number of benzene rings is 3. The Labute approximate surface area is 197 Å². The van der Waals surface area contributed by atoms with Crippen molar-refractivity contribution in [1.82, 2.24) is 5.32 Å². The van der Waals surface area contributed by atoms with Crippen LogP contribution in [0.4, 0.5) is 4.79 Å². The Hall–Kier alpha value is -2.16. The van der Waals surface area contributed by atoms with Gasteiger partial charge >= 0.3 is 180 Å². The number of carboxylic acid groups (broad SMARTS) is 1. The summed E-state index contributed by atoms with van der Waals surface area (Å²) in [5, 5.41) is 16.5. The Kier molecular flexibility index (Phi) is 10.2. The molecule has 0 saturated carbocycles. The van der Waals surface area contributed by atoms with Crippen LogP contribution in [0.25, 0.3) is 0 Å². The molecule has 0 aliphatic rings. The molecule has 0 heterocycles. The molecule has 1 unspecified atom stereocenters. The zero-order valence-electron chi connectivity index (χ0n) is 18.0. The molecule has 3 aromatic carbocycles. The Morgan fingerprint density at radius 1 is 0.774 bits per heavy atom. The van der Waals surface area contributed by atoms with Gasteiger partial charge in [-0.1, -0.05) is 0 Å². The molecule has 3 nitrogen and oxygen atoms in total. The SMILES string of the molecule is Br.CCCCCCC(NC(=O)O)[PH](c1ccccc1)(c1ccccc1)c1ccccc1. The fourth-order valence-electron chi connectivity index (χ4n) is 4.53. The van der Waals surface area contributed by atoms with Crippen LogP contribution in [0.2, 0.25) is 0 Å². The van der Waals surface area contributed by atoms with Crippen LogP contribution in [0.5, 0.6) is 0 Å². The third kappa shape index (κ3) is 5.96. The van der Waals surface area contributed by atoms with Crippen LogP contribution in [-0.4, -0.2) is 17.0 Å². The first kappa shape index (κ1) is 25.1. The van der Waals surface area contributed by atoms with Gasteiger partial charge in [-0.2, -0.15) is 0 Å². The van der Waals surface area contributed by atoms with E-state index in [4.69, 9.17) is 0 Å². The van der Waals surface area contributed by atoms with Crippen molar-refractivity contribution in [3.05, 3.63) is 91.0 Å². The van der Waals surface area contributed by atoms with Gasteiger partial charge < -0.3 is 0 Å². The second-order valence-electron chi connectivity index (χ2n) is 7.76. The maximum absolute atomic E-state index is 12.0. The van der Waals surface area contributed by atoms with E-state index in [1.165, 1.54) is 22.3 Å². The number of hydrogen-bond donors (Lipinski definition) is 2. The quantitative estimate of drug-likeness (QED) is 0.270. The van der Waals surface area contributed by atoms with Gasteiger partial charge in [-0.3, -0.25) is 0 Å². The van der Waals surface area contributed by atoms with Crippen LogP contribution in [-0.2, 0) is 0 Å². The molecular formula is C26H33BrNO2P. The van der Waals surface area contributed by atoms with E-state index >= 15 is 0 Å². The second-order valence-corrected chi connectivity index (χ2v) is 11.8. The second kappa shape index (κ2) is 12.6. The van der Waals surface area contributed by atoms with E-state index in [2.05, 4.69) is 85.0 Å². The molecule has 0 fully saturated rings. The normalized spacial score (nSPS) is 12.4. The number of rotatable bonds is 10. The van der Waals surface area contributed by atoms with Crippen molar-refractivity contribution in [1.29, 1.82) is 0 Å². The van der Waals surface area contributed by atoms with Crippen molar-refractivity contribution >= 4 is 46.3 Å². The summed E-state index contributed by atoms with van der Waals surface area (Å²) in [7, 11) is -2.67. The Morgan fingerprint density at radius 3 is 1.55 bits per heavy atom. The minimum absolute atomic E-state index is 0. The summed E-state index contributed by atoms with van der Waals surface area (Å²) in [6, 6.07) is 31.5. The fourth-order valence-corrected chi connectivity index (χ4v) is 9.87. The van der Waals surface area contributed by atoms with Gasteiger partial charge in [0, 0.05) is 0 Å². The molecular weight excluding hydrogens is 469 g/mol. The average Bonchev–Trinajstić information content (AvgIpc) is 2.79. The van der Waals surface area contributed by atoms with Crippen LogP contribution in [0, 0.1) is 0 Å². The zero-order chi connectivity index (χ0) is 21.2.